The van der Waals surface area contributed by atoms with Crippen LogP contribution in [0.1, 0.15) is 18.4 Å². The number of amides is 1. The van der Waals surface area contributed by atoms with Gasteiger partial charge in [0, 0.05) is 28.8 Å². The summed E-state index contributed by atoms with van der Waals surface area (Å²) in [6.45, 7) is 0.283. The Labute approximate surface area is 207 Å². The molecule has 1 atom stereocenters. The number of sulfone groups is 1. The van der Waals surface area contributed by atoms with E-state index in [1.54, 1.807) is 30.3 Å². The van der Waals surface area contributed by atoms with Gasteiger partial charge in [0.1, 0.15) is 11.8 Å². The van der Waals surface area contributed by atoms with Gasteiger partial charge < -0.3 is 21.9 Å². The van der Waals surface area contributed by atoms with Gasteiger partial charge in [-0.25, -0.2) is 8.42 Å². The molecule has 2 aromatic carbocycles. The van der Waals surface area contributed by atoms with Crippen LogP contribution in [0.5, 0.6) is 0 Å². The number of anilines is 1. The molecule has 184 valence electrons. The van der Waals surface area contributed by atoms with E-state index in [4.69, 9.17) is 45.2 Å². The van der Waals surface area contributed by atoms with E-state index >= 15 is 0 Å². The largest absolute Gasteiger partial charge is 0.480 e. The van der Waals surface area contributed by atoms with E-state index in [2.05, 4.69) is 5.32 Å². The van der Waals surface area contributed by atoms with E-state index < -0.39 is 39.5 Å². The lowest BCUT2D eigenvalue weighted by atomic mass is 10.1. The Morgan fingerprint density at radius 1 is 1.12 bits per heavy atom. The van der Waals surface area contributed by atoms with Crippen molar-refractivity contribution in [1.29, 1.82) is 5.41 Å². The van der Waals surface area contributed by atoms with Crippen LogP contribution in [-0.2, 0) is 26.0 Å². The van der Waals surface area contributed by atoms with Crippen LogP contribution in [0.4, 0.5) is 5.69 Å². The first kappa shape index (κ1) is 27.4. The fourth-order valence-electron chi connectivity index (χ4n) is 2.99. The van der Waals surface area contributed by atoms with Crippen LogP contribution in [-0.4, -0.2) is 54.6 Å². The Balaban J connectivity index is 2.00. The van der Waals surface area contributed by atoms with Crippen LogP contribution >= 0.6 is 23.2 Å². The highest BCUT2D eigenvalue weighted by molar-refractivity contribution is 7.92. The Morgan fingerprint density at radius 3 is 2.24 bits per heavy atom. The van der Waals surface area contributed by atoms with Crippen LogP contribution in [0.3, 0.4) is 0 Å². The van der Waals surface area contributed by atoms with E-state index in [1.807, 2.05) is 0 Å². The number of benzene rings is 2. The van der Waals surface area contributed by atoms with E-state index in [-0.39, 0.29) is 24.3 Å². The number of halogens is 2. The summed E-state index contributed by atoms with van der Waals surface area (Å²) in [7, 11) is -4.01. The minimum atomic E-state index is -4.01. The number of rotatable bonds is 11. The Morgan fingerprint density at radius 2 is 1.71 bits per heavy atom. The molecule has 0 saturated heterocycles. The van der Waals surface area contributed by atoms with Crippen LogP contribution in [0, 0.1) is 5.41 Å². The Hall–Kier alpha value is -2.86. The monoisotopic (exact) mass is 529 g/mol. The SMILES string of the molecule is N=C(N)N(CCCC(N)C(=O)O)C(=O)CS(=O)(=O)c1ccc(NCc2cc(Cl)cc(Cl)c2)cc1. The molecule has 2 rings (SSSR count). The second-order valence-corrected chi connectivity index (χ2v) is 10.3. The van der Waals surface area contributed by atoms with Gasteiger partial charge in [-0.2, -0.15) is 0 Å². The van der Waals surface area contributed by atoms with Crippen LogP contribution in [0.25, 0.3) is 0 Å². The predicted molar refractivity (Wildman–Crippen MR) is 131 cm³/mol. The number of carboxylic acids is 1. The molecule has 0 bridgehead atoms. The first-order valence-electron chi connectivity index (χ1n) is 10.0. The summed E-state index contributed by atoms with van der Waals surface area (Å²) in [4.78, 5) is 24.0. The smallest absolute Gasteiger partial charge is 0.320 e. The van der Waals surface area contributed by atoms with Crippen LogP contribution < -0.4 is 16.8 Å². The number of nitrogens with zero attached hydrogens (tertiary/aromatic N) is 1. The van der Waals surface area contributed by atoms with Crippen molar-refractivity contribution in [2.45, 2.75) is 30.3 Å². The number of carbonyl (C=O) groups is 2. The molecule has 0 aliphatic carbocycles. The van der Waals surface area contributed by atoms with E-state index in [0.717, 1.165) is 10.5 Å². The summed E-state index contributed by atoms with van der Waals surface area (Å²) < 4.78 is 25.4. The quantitative estimate of drug-likeness (QED) is 0.217. The van der Waals surface area contributed by atoms with Gasteiger partial charge in [-0.05, 0) is 60.9 Å². The molecular weight excluding hydrogens is 505 g/mol. The fourth-order valence-corrected chi connectivity index (χ4v) is 4.76. The normalized spacial score (nSPS) is 12.1. The van der Waals surface area contributed by atoms with Crippen molar-refractivity contribution in [3.63, 3.8) is 0 Å². The van der Waals surface area contributed by atoms with Crippen molar-refractivity contribution in [2.24, 2.45) is 11.5 Å². The third-order valence-corrected chi connectivity index (χ3v) is 6.81. The van der Waals surface area contributed by atoms with Gasteiger partial charge in [-0.15, -0.1) is 0 Å². The molecule has 7 N–H and O–H groups in total. The lowest BCUT2D eigenvalue weighted by molar-refractivity contribution is -0.138. The number of carboxylic acid groups (broad SMARTS) is 1. The highest BCUT2D eigenvalue weighted by Gasteiger charge is 2.25. The zero-order chi connectivity index (χ0) is 25.5. The number of hydrogen-bond acceptors (Lipinski definition) is 7. The molecule has 0 saturated carbocycles. The van der Waals surface area contributed by atoms with Crippen LogP contribution in [0.2, 0.25) is 10.0 Å². The topological polar surface area (TPSA) is 180 Å². The second-order valence-electron chi connectivity index (χ2n) is 7.43. The number of nitrogens with two attached hydrogens (primary N) is 2. The van der Waals surface area contributed by atoms with E-state index in [1.165, 1.54) is 12.1 Å². The highest BCUT2D eigenvalue weighted by Crippen LogP contribution is 2.21. The van der Waals surface area contributed by atoms with Gasteiger partial charge in [0.15, 0.2) is 15.8 Å². The summed E-state index contributed by atoms with van der Waals surface area (Å²) in [6.07, 6.45) is 0.173. The number of aliphatic carboxylic acids is 1. The van der Waals surface area contributed by atoms with Gasteiger partial charge >= 0.3 is 5.97 Å². The maximum Gasteiger partial charge on any atom is 0.320 e. The molecule has 0 radical (unpaired) electrons. The molecule has 0 heterocycles. The number of carbonyl (C=O) groups excluding carboxylic acids is 1. The molecule has 10 nitrogen and oxygen atoms in total. The predicted octanol–water partition coefficient (Wildman–Crippen LogP) is 2.29. The molecule has 0 aliphatic heterocycles. The van der Waals surface area contributed by atoms with Crippen molar-refractivity contribution >= 4 is 56.6 Å². The lowest BCUT2D eigenvalue weighted by Crippen LogP contribution is -2.45. The first-order valence-corrected chi connectivity index (χ1v) is 12.4. The molecule has 34 heavy (non-hydrogen) atoms. The molecule has 0 aromatic heterocycles. The Kier molecular flexibility index (Phi) is 9.68. The number of hydrogen-bond donors (Lipinski definition) is 5. The van der Waals surface area contributed by atoms with Crippen molar-refractivity contribution < 1.29 is 23.1 Å². The summed E-state index contributed by atoms with van der Waals surface area (Å²) in [5.74, 6) is -3.62. The second kappa shape index (κ2) is 12.0. The Bertz CT molecular complexity index is 1140. The summed E-state index contributed by atoms with van der Waals surface area (Å²) in [5, 5.41) is 20.5. The molecule has 1 amide bonds. The molecule has 1 unspecified atom stereocenters. The van der Waals surface area contributed by atoms with Gasteiger partial charge in [0.25, 0.3) is 0 Å². The van der Waals surface area contributed by atoms with Gasteiger partial charge in [-0.3, -0.25) is 19.9 Å². The number of guanidine groups is 1. The zero-order valence-corrected chi connectivity index (χ0v) is 20.3. The van der Waals surface area contributed by atoms with Crippen molar-refractivity contribution in [1.82, 2.24) is 4.90 Å². The third kappa shape index (κ3) is 8.17. The summed E-state index contributed by atoms with van der Waals surface area (Å²) in [5.41, 5.74) is 12.3. The van der Waals surface area contributed by atoms with Crippen LogP contribution in [0.15, 0.2) is 47.4 Å². The fraction of sp³-hybridized carbons (Fsp3) is 0.286. The standard InChI is InChI=1S/C21H25Cl2N5O5S/c22-14-8-13(9-15(23)10-14)11-27-16-3-5-17(6-4-16)34(32,33)12-19(29)28(21(25)26)7-1-2-18(24)20(30)31/h3-6,8-10,18,27H,1-2,7,11-12,24H2,(H3,25,26)(H,30,31). The first-order chi connectivity index (χ1) is 15.9. The molecule has 13 heteroatoms. The van der Waals surface area contributed by atoms with Gasteiger partial charge in [0.05, 0.1) is 4.90 Å². The number of nitrogens with one attached hydrogen (secondary N) is 2. The maximum absolute atomic E-state index is 12.7. The van der Waals surface area contributed by atoms with Crippen molar-refractivity contribution in [3.8, 4) is 0 Å². The molecular formula is C21H25Cl2N5O5S. The molecule has 0 spiro atoms. The lowest BCUT2D eigenvalue weighted by Gasteiger charge is -2.21. The van der Waals surface area contributed by atoms with Gasteiger partial charge in [0.2, 0.25) is 5.91 Å². The minimum absolute atomic E-state index is 0.0367. The zero-order valence-electron chi connectivity index (χ0n) is 18.0. The highest BCUT2D eigenvalue weighted by atomic mass is 35.5. The molecule has 0 fully saturated rings. The van der Waals surface area contributed by atoms with Gasteiger partial charge in [-0.1, -0.05) is 23.2 Å². The molecule has 2 aromatic rings. The summed E-state index contributed by atoms with van der Waals surface area (Å²) >= 11 is 12.0. The maximum atomic E-state index is 12.7. The van der Waals surface area contributed by atoms with Crippen molar-refractivity contribution in [2.75, 3.05) is 17.6 Å². The average molecular weight is 530 g/mol. The molecule has 0 aliphatic rings. The third-order valence-electron chi connectivity index (χ3n) is 4.75. The minimum Gasteiger partial charge on any atom is -0.480 e. The van der Waals surface area contributed by atoms with E-state index in [0.29, 0.717) is 22.3 Å². The average Bonchev–Trinajstić information content (AvgIpc) is 2.74. The van der Waals surface area contributed by atoms with E-state index in [9.17, 15) is 18.0 Å². The summed E-state index contributed by atoms with van der Waals surface area (Å²) in [6, 6.07) is 9.82. The van der Waals surface area contributed by atoms with Crippen molar-refractivity contribution in [3.05, 3.63) is 58.1 Å².